The summed E-state index contributed by atoms with van der Waals surface area (Å²) in [5, 5.41) is 2.05. The first-order chi connectivity index (χ1) is 17.9. The molecule has 0 aliphatic carbocycles. The van der Waals surface area contributed by atoms with E-state index in [9.17, 15) is 4.79 Å². The van der Waals surface area contributed by atoms with Gasteiger partial charge in [0.15, 0.2) is 6.29 Å². The molecule has 0 atom stereocenters. The average molecular weight is 461 g/mol. The van der Waals surface area contributed by atoms with Gasteiger partial charge in [-0.2, -0.15) is 0 Å². The number of aldehydes is 1. The van der Waals surface area contributed by atoms with E-state index in [1.54, 1.807) is 0 Å². The van der Waals surface area contributed by atoms with Crippen LogP contribution in [0, 0.1) is 0 Å². The summed E-state index contributed by atoms with van der Waals surface area (Å²) in [7, 11) is 0. The van der Waals surface area contributed by atoms with Gasteiger partial charge < -0.3 is 0 Å². The maximum absolute atomic E-state index is 12.9. The van der Waals surface area contributed by atoms with Crippen molar-refractivity contribution in [2.75, 3.05) is 0 Å². The zero-order chi connectivity index (χ0) is 24.3. The Labute approximate surface area is 211 Å². The molecule has 1 nitrogen and oxygen atoms in total. The third kappa shape index (κ3) is 3.72. The molecule has 6 aromatic carbocycles. The van der Waals surface area contributed by atoms with Gasteiger partial charge in [-0.05, 0) is 49.7 Å². The van der Waals surface area contributed by atoms with Crippen LogP contribution in [0.2, 0.25) is 0 Å². The third-order valence-corrected chi connectivity index (χ3v) is 6.76. The maximum Gasteiger partial charge on any atom is 0.151 e. The molecule has 0 aliphatic rings. The van der Waals surface area contributed by atoms with Crippen LogP contribution in [0.3, 0.4) is 0 Å². The van der Waals surface area contributed by atoms with Crippen molar-refractivity contribution in [2.45, 2.75) is 0 Å². The fourth-order valence-corrected chi connectivity index (χ4v) is 5.24. The van der Waals surface area contributed by atoms with E-state index in [1.165, 1.54) is 0 Å². The largest absolute Gasteiger partial charge is 0.298 e. The van der Waals surface area contributed by atoms with Gasteiger partial charge in [0.2, 0.25) is 0 Å². The van der Waals surface area contributed by atoms with Gasteiger partial charge in [-0.25, -0.2) is 0 Å². The summed E-state index contributed by atoms with van der Waals surface area (Å²) in [6, 6.07) is 48.0. The molecule has 1 heteroatoms. The summed E-state index contributed by atoms with van der Waals surface area (Å²) in [4.78, 5) is 12.9. The Balaban J connectivity index is 1.90. The third-order valence-electron chi connectivity index (χ3n) is 6.76. The minimum Gasteiger partial charge on any atom is -0.298 e. The lowest BCUT2D eigenvalue weighted by molar-refractivity contribution is 0.112. The summed E-state index contributed by atoms with van der Waals surface area (Å²) >= 11 is 0. The van der Waals surface area contributed by atoms with Crippen molar-refractivity contribution in [2.24, 2.45) is 0 Å². The Morgan fingerprint density at radius 1 is 0.389 bits per heavy atom. The van der Waals surface area contributed by atoms with Gasteiger partial charge in [-0.15, -0.1) is 0 Å². The molecule has 0 aromatic heterocycles. The molecule has 0 spiro atoms. The Kier molecular flexibility index (Phi) is 5.73. The summed E-state index contributed by atoms with van der Waals surface area (Å²) in [6.07, 6.45) is 1.03. The maximum atomic E-state index is 12.9. The molecule has 0 saturated carbocycles. The van der Waals surface area contributed by atoms with Gasteiger partial charge in [-0.3, -0.25) is 4.79 Å². The second-order valence-corrected chi connectivity index (χ2v) is 8.85. The standard InChI is InChI=1S/C35H24O/c36-24-31-30-23-13-22-29(25-14-5-1-6-15-25)35(30)34(28-20-11-4-12-21-28)33(27-18-9-3-10-19-27)32(31)26-16-7-2-8-17-26/h1-24H. The minimum atomic E-state index is 0.715. The summed E-state index contributed by atoms with van der Waals surface area (Å²) in [5.74, 6) is 0. The normalized spacial score (nSPS) is 10.9. The van der Waals surface area contributed by atoms with Crippen LogP contribution >= 0.6 is 0 Å². The van der Waals surface area contributed by atoms with Gasteiger partial charge >= 0.3 is 0 Å². The number of fused-ring (bicyclic) bond motifs is 1. The molecular weight excluding hydrogens is 436 g/mol. The Morgan fingerprint density at radius 2 is 0.833 bits per heavy atom. The highest BCUT2D eigenvalue weighted by Crippen LogP contribution is 2.49. The predicted molar refractivity (Wildman–Crippen MR) is 151 cm³/mol. The molecule has 0 amide bonds. The quantitative estimate of drug-likeness (QED) is 0.234. The Morgan fingerprint density at radius 3 is 1.33 bits per heavy atom. The zero-order valence-corrected chi connectivity index (χ0v) is 19.8. The van der Waals surface area contributed by atoms with Crippen molar-refractivity contribution < 1.29 is 4.79 Å². The van der Waals surface area contributed by atoms with E-state index in [4.69, 9.17) is 0 Å². The first-order valence-corrected chi connectivity index (χ1v) is 12.2. The van der Waals surface area contributed by atoms with E-state index < -0.39 is 0 Å². The van der Waals surface area contributed by atoms with E-state index in [1.807, 2.05) is 36.4 Å². The van der Waals surface area contributed by atoms with Crippen LogP contribution in [0.5, 0.6) is 0 Å². The number of hydrogen-bond donors (Lipinski definition) is 0. The van der Waals surface area contributed by atoms with E-state index in [2.05, 4.69) is 103 Å². The number of hydrogen-bond acceptors (Lipinski definition) is 1. The van der Waals surface area contributed by atoms with Crippen LogP contribution < -0.4 is 0 Å². The molecule has 0 radical (unpaired) electrons. The van der Waals surface area contributed by atoms with Gasteiger partial charge in [0.25, 0.3) is 0 Å². The summed E-state index contributed by atoms with van der Waals surface area (Å²) in [6.45, 7) is 0. The van der Waals surface area contributed by atoms with Crippen molar-refractivity contribution >= 4 is 17.1 Å². The topological polar surface area (TPSA) is 17.1 Å². The highest BCUT2D eigenvalue weighted by Gasteiger charge is 2.24. The smallest absolute Gasteiger partial charge is 0.151 e. The molecule has 0 aliphatic heterocycles. The van der Waals surface area contributed by atoms with E-state index >= 15 is 0 Å². The van der Waals surface area contributed by atoms with Gasteiger partial charge in [0.05, 0.1) is 0 Å². The molecule has 170 valence electrons. The van der Waals surface area contributed by atoms with Crippen LogP contribution in [-0.2, 0) is 0 Å². The fourth-order valence-electron chi connectivity index (χ4n) is 5.24. The molecular formula is C35H24O. The Hall–Kier alpha value is -4.75. The van der Waals surface area contributed by atoms with Crippen molar-refractivity contribution in [3.05, 3.63) is 145 Å². The lowest BCUT2D eigenvalue weighted by Crippen LogP contribution is -2.00. The van der Waals surface area contributed by atoms with Crippen LogP contribution in [0.1, 0.15) is 10.4 Å². The van der Waals surface area contributed by atoms with E-state index in [0.717, 1.165) is 61.6 Å². The highest BCUT2D eigenvalue weighted by molar-refractivity contribution is 6.21. The van der Waals surface area contributed by atoms with Crippen LogP contribution in [0.25, 0.3) is 55.3 Å². The highest BCUT2D eigenvalue weighted by atomic mass is 16.1. The first-order valence-electron chi connectivity index (χ1n) is 12.2. The second-order valence-electron chi connectivity index (χ2n) is 8.85. The van der Waals surface area contributed by atoms with Crippen LogP contribution in [0.4, 0.5) is 0 Å². The Bertz CT molecular complexity index is 1650. The minimum absolute atomic E-state index is 0.715. The second kappa shape index (κ2) is 9.48. The van der Waals surface area contributed by atoms with Crippen molar-refractivity contribution in [3.63, 3.8) is 0 Å². The van der Waals surface area contributed by atoms with Gasteiger partial charge in [0.1, 0.15) is 0 Å². The average Bonchev–Trinajstić information content (AvgIpc) is 2.97. The number of benzene rings is 6. The van der Waals surface area contributed by atoms with Crippen molar-refractivity contribution in [1.82, 2.24) is 0 Å². The molecule has 0 unspecified atom stereocenters. The molecule has 0 heterocycles. The number of rotatable bonds is 5. The predicted octanol–water partition coefficient (Wildman–Crippen LogP) is 9.32. The van der Waals surface area contributed by atoms with Gasteiger partial charge in [-0.1, -0.05) is 140 Å². The number of carbonyl (C=O) groups excluding carboxylic acids is 1. The molecule has 0 saturated heterocycles. The fraction of sp³-hybridized carbons (Fsp3) is 0. The van der Waals surface area contributed by atoms with Gasteiger partial charge in [0, 0.05) is 11.1 Å². The molecule has 6 rings (SSSR count). The lowest BCUT2D eigenvalue weighted by atomic mass is 9.79. The first kappa shape index (κ1) is 21.8. The van der Waals surface area contributed by atoms with Crippen LogP contribution in [-0.4, -0.2) is 6.29 Å². The summed E-state index contributed by atoms with van der Waals surface area (Å²) < 4.78 is 0. The van der Waals surface area contributed by atoms with Crippen molar-refractivity contribution in [3.8, 4) is 44.5 Å². The molecule has 6 aromatic rings. The molecule has 0 N–H and O–H groups in total. The SMILES string of the molecule is O=Cc1c(-c2ccccc2)c(-c2ccccc2)c(-c2ccccc2)c2c(-c3ccccc3)cccc12. The zero-order valence-electron chi connectivity index (χ0n) is 19.8. The van der Waals surface area contributed by atoms with E-state index in [-0.39, 0.29) is 0 Å². The lowest BCUT2D eigenvalue weighted by Gasteiger charge is -2.23. The molecule has 36 heavy (non-hydrogen) atoms. The molecule has 0 fully saturated rings. The molecule has 0 bridgehead atoms. The monoisotopic (exact) mass is 460 g/mol. The van der Waals surface area contributed by atoms with E-state index in [0.29, 0.717) is 5.56 Å². The number of carbonyl (C=O) groups is 1. The summed E-state index contributed by atoms with van der Waals surface area (Å²) in [5.41, 5.74) is 9.38. The van der Waals surface area contributed by atoms with Crippen molar-refractivity contribution in [1.29, 1.82) is 0 Å². The van der Waals surface area contributed by atoms with Crippen LogP contribution in [0.15, 0.2) is 140 Å².